The predicted molar refractivity (Wildman–Crippen MR) is 74.7 cm³/mol. The summed E-state index contributed by atoms with van der Waals surface area (Å²) in [4.78, 5) is 14.8. The number of hydrogen-bond donors (Lipinski definition) is 1. The number of nitrogens with zero attached hydrogens (tertiary/aromatic N) is 3. The van der Waals surface area contributed by atoms with E-state index in [-0.39, 0.29) is 22.3 Å². The van der Waals surface area contributed by atoms with Crippen LogP contribution in [0.2, 0.25) is 0 Å². The normalized spacial score (nSPS) is 11.8. The van der Waals surface area contributed by atoms with Crippen LogP contribution >= 0.6 is 0 Å². The molecular weight excluding hydrogens is 294 g/mol. The molecule has 21 heavy (non-hydrogen) atoms. The van der Waals surface area contributed by atoms with Crippen LogP contribution in [0.5, 0.6) is 0 Å². The van der Waals surface area contributed by atoms with E-state index in [1.165, 1.54) is 29.2 Å². The molecule has 0 fully saturated rings. The summed E-state index contributed by atoms with van der Waals surface area (Å²) >= 11 is 0. The molecule has 0 saturated carbocycles. The Bertz CT molecular complexity index is 765. The summed E-state index contributed by atoms with van der Waals surface area (Å²) in [5, 5.41) is 12.9. The maximum absolute atomic E-state index is 12.4. The van der Waals surface area contributed by atoms with E-state index < -0.39 is 15.8 Å². The average Bonchev–Trinajstić information content (AvgIpc) is 2.86. The van der Waals surface area contributed by atoms with Crippen molar-refractivity contribution >= 4 is 15.8 Å². The van der Waals surface area contributed by atoms with Crippen molar-refractivity contribution in [1.82, 2.24) is 14.8 Å². The molecule has 0 aliphatic carbocycles. The number of rotatable bonds is 5. The number of aromatic carboxylic acids is 1. The lowest BCUT2D eigenvalue weighted by Gasteiger charge is -2.10. The zero-order valence-corrected chi connectivity index (χ0v) is 12.4. The first kappa shape index (κ1) is 15.2. The number of hydrogen-bond acceptors (Lipinski definition) is 5. The van der Waals surface area contributed by atoms with Crippen LogP contribution in [0.25, 0.3) is 0 Å². The van der Waals surface area contributed by atoms with E-state index in [4.69, 9.17) is 5.11 Å². The van der Waals surface area contributed by atoms with E-state index in [9.17, 15) is 13.2 Å². The molecule has 0 unspecified atom stereocenters. The number of carboxylic acids is 1. The molecule has 0 aliphatic heterocycles. The van der Waals surface area contributed by atoms with Gasteiger partial charge in [-0.1, -0.05) is 6.07 Å². The fourth-order valence-electron chi connectivity index (χ4n) is 1.88. The van der Waals surface area contributed by atoms with Crippen molar-refractivity contribution in [2.24, 2.45) is 0 Å². The minimum Gasteiger partial charge on any atom is -0.478 e. The number of aromatic nitrogens is 3. The van der Waals surface area contributed by atoms with Crippen molar-refractivity contribution < 1.29 is 18.3 Å². The van der Waals surface area contributed by atoms with Crippen LogP contribution in [0.3, 0.4) is 0 Å². The zero-order valence-electron chi connectivity index (χ0n) is 11.6. The summed E-state index contributed by atoms with van der Waals surface area (Å²) in [6.07, 6.45) is 1.30. The molecule has 2 rings (SSSR count). The summed E-state index contributed by atoms with van der Waals surface area (Å²) < 4.78 is 26.3. The van der Waals surface area contributed by atoms with Gasteiger partial charge in [0, 0.05) is 6.04 Å². The lowest BCUT2D eigenvalue weighted by molar-refractivity contribution is 0.0696. The molecule has 1 N–H and O–H groups in total. The van der Waals surface area contributed by atoms with Crippen LogP contribution in [-0.4, -0.2) is 34.3 Å². The van der Waals surface area contributed by atoms with Gasteiger partial charge in [-0.25, -0.2) is 22.9 Å². The molecule has 0 amide bonds. The van der Waals surface area contributed by atoms with E-state index >= 15 is 0 Å². The molecule has 7 nitrogen and oxygen atoms in total. The van der Waals surface area contributed by atoms with Crippen molar-refractivity contribution in [3.63, 3.8) is 0 Å². The minimum absolute atomic E-state index is 0.0111. The Morgan fingerprint density at radius 1 is 1.38 bits per heavy atom. The van der Waals surface area contributed by atoms with Gasteiger partial charge in [0.1, 0.15) is 17.9 Å². The fourth-order valence-corrected chi connectivity index (χ4v) is 3.19. The third-order valence-corrected chi connectivity index (χ3v) is 4.51. The van der Waals surface area contributed by atoms with Crippen LogP contribution < -0.4 is 0 Å². The molecule has 1 heterocycles. The zero-order chi connectivity index (χ0) is 15.6. The van der Waals surface area contributed by atoms with Crippen molar-refractivity contribution in [2.75, 3.05) is 0 Å². The van der Waals surface area contributed by atoms with Gasteiger partial charge in [-0.15, -0.1) is 0 Å². The van der Waals surface area contributed by atoms with E-state index in [0.29, 0.717) is 5.82 Å². The molecule has 0 atom stereocenters. The van der Waals surface area contributed by atoms with Gasteiger partial charge >= 0.3 is 5.97 Å². The number of benzene rings is 1. The van der Waals surface area contributed by atoms with Crippen molar-refractivity contribution in [2.45, 2.75) is 30.5 Å². The van der Waals surface area contributed by atoms with Crippen LogP contribution in [0.1, 0.15) is 36.1 Å². The number of carboxylic acid groups (broad SMARTS) is 1. The van der Waals surface area contributed by atoms with E-state index in [1.807, 2.05) is 13.8 Å². The molecule has 0 spiro atoms. The molecule has 2 aromatic rings. The Hall–Kier alpha value is -2.22. The maximum Gasteiger partial charge on any atom is 0.335 e. The van der Waals surface area contributed by atoms with Gasteiger partial charge in [0.2, 0.25) is 0 Å². The second kappa shape index (κ2) is 5.65. The van der Waals surface area contributed by atoms with E-state index in [0.717, 1.165) is 6.07 Å². The highest BCUT2D eigenvalue weighted by atomic mass is 32.2. The standard InChI is InChI=1S/C13H15N3O4S/c1-9(2)16-12(14-8-15-16)7-21(19,20)11-5-3-4-10(6-11)13(17)18/h3-6,8-9H,7H2,1-2H3,(H,17,18). The molecule has 0 aliphatic rings. The van der Waals surface area contributed by atoms with Crippen LogP contribution in [0, 0.1) is 0 Å². The molecule has 112 valence electrons. The largest absolute Gasteiger partial charge is 0.478 e. The van der Waals surface area contributed by atoms with Crippen LogP contribution in [0.4, 0.5) is 0 Å². The Morgan fingerprint density at radius 3 is 2.71 bits per heavy atom. The van der Waals surface area contributed by atoms with Crippen molar-refractivity contribution in [3.05, 3.63) is 42.0 Å². The topological polar surface area (TPSA) is 102 Å². The second-order valence-electron chi connectivity index (χ2n) is 4.81. The van der Waals surface area contributed by atoms with Crippen LogP contribution in [-0.2, 0) is 15.6 Å². The van der Waals surface area contributed by atoms with Gasteiger partial charge in [0.25, 0.3) is 0 Å². The van der Waals surface area contributed by atoms with Crippen molar-refractivity contribution in [1.29, 1.82) is 0 Å². The van der Waals surface area contributed by atoms with Gasteiger partial charge in [-0.3, -0.25) is 0 Å². The van der Waals surface area contributed by atoms with E-state index in [1.54, 1.807) is 0 Å². The molecule has 0 radical (unpaired) electrons. The smallest absolute Gasteiger partial charge is 0.335 e. The summed E-state index contributed by atoms with van der Waals surface area (Å²) in [5.41, 5.74) is -0.0681. The molecule has 1 aromatic heterocycles. The minimum atomic E-state index is -3.68. The molecule has 0 saturated heterocycles. The Labute approximate surface area is 122 Å². The number of carbonyl (C=O) groups is 1. The van der Waals surface area contributed by atoms with Gasteiger partial charge in [0.05, 0.1) is 10.5 Å². The van der Waals surface area contributed by atoms with E-state index in [2.05, 4.69) is 10.1 Å². The highest BCUT2D eigenvalue weighted by Crippen LogP contribution is 2.18. The summed E-state index contributed by atoms with van der Waals surface area (Å²) in [6.45, 7) is 3.74. The highest BCUT2D eigenvalue weighted by Gasteiger charge is 2.21. The molecular formula is C13H15N3O4S. The van der Waals surface area contributed by atoms with Gasteiger partial charge in [0.15, 0.2) is 9.84 Å². The van der Waals surface area contributed by atoms with Gasteiger partial charge in [-0.2, -0.15) is 5.10 Å². The summed E-state index contributed by atoms with van der Waals surface area (Å²) in [5.74, 6) is -1.17. The second-order valence-corrected chi connectivity index (χ2v) is 6.80. The predicted octanol–water partition coefficient (Wildman–Crippen LogP) is 1.53. The lowest BCUT2D eigenvalue weighted by atomic mass is 10.2. The quantitative estimate of drug-likeness (QED) is 0.898. The van der Waals surface area contributed by atoms with Gasteiger partial charge < -0.3 is 5.11 Å². The van der Waals surface area contributed by atoms with Gasteiger partial charge in [-0.05, 0) is 32.0 Å². The third kappa shape index (κ3) is 3.27. The Kier molecular flexibility index (Phi) is 4.08. The number of sulfone groups is 1. The first-order valence-electron chi connectivity index (χ1n) is 6.26. The first-order chi connectivity index (χ1) is 9.81. The highest BCUT2D eigenvalue weighted by molar-refractivity contribution is 7.90. The lowest BCUT2D eigenvalue weighted by Crippen LogP contribution is -2.14. The fraction of sp³-hybridized carbons (Fsp3) is 0.308. The Balaban J connectivity index is 2.36. The molecule has 8 heteroatoms. The maximum atomic E-state index is 12.4. The van der Waals surface area contributed by atoms with Crippen LogP contribution in [0.15, 0.2) is 35.5 Å². The molecule has 0 bridgehead atoms. The SMILES string of the molecule is CC(C)n1ncnc1CS(=O)(=O)c1cccc(C(=O)O)c1. The third-order valence-electron chi connectivity index (χ3n) is 2.90. The monoisotopic (exact) mass is 309 g/mol. The molecule has 1 aromatic carbocycles. The average molecular weight is 309 g/mol. The first-order valence-corrected chi connectivity index (χ1v) is 7.91. The summed E-state index contributed by atoms with van der Waals surface area (Å²) in [6, 6.07) is 5.26. The Morgan fingerprint density at radius 2 is 2.10 bits per heavy atom. The summed E-state index contributed by atoms with van der Waals surface area (Å²) in [7, 11) is -3.68. The van der Waals surface area contributed by atoms with Crippen molar-refractivity contribution in [3.8, 4) is 0 Å².